The number of carbonyl (C=O) groups excluding carboxylic acids is 2. The van der Waals surface area contributed by atoms with Gasteiger partial charge in [0.25, 0.3) is 0 Å². The summed E-state index contributed by atoms with van der Waals surface area (Å²) in [6, 6.07) is 9.49. The van der Waals surface area contributed by atoms with Crippen molar-refractivity contribution >= 4 is 40.0 Å². The number of furan rings is 1. The molecule has 0 radical (unpaired) electrons. The van der Waals surface area contributed by atoms with Gasteiger partial charge in [-0.3, -0.25) is 14.5 Å². The van der Waals surface area contributed by atoms with Crippen molar-refractivity contribution in [2.45, 2.75) is 13.5 Å². The van der Waals surface area contributed by atoms with Gasteiger partial charge < -0.3 is 9.73 Å². The number of nitrogens with one attached hydrogen (secondary N) is 1. The molecule has 0 spiro atoms. The molecule has 1 aromatic carbocycles. The van der Waals surface area contributed by atoms with E-state index in [9.17, 15) is 14.0 Å². The molecular formula is C19H16FN3O3S. The van der Waals surface area contributed by atoms with E-state index in [1.54, 1.807) is 29.6 Å². The van der Waals surface area contributed by atoms with Crippen molar-refractivity contribution in [2.24, 2.45) is 0 Å². The van der Waals surface area contributed by atoms with Crippen LogP contribution in [0.4, 0.5) is 15.2 Å². The predicted octanol–water partition coefficient (Wildman–Crippen LogP) is 3.89. The maximum atomic E-state index is 14.1. The number of halogens is 1. The normalized spacial score (nSPS) is 10.9. The van der Waals surface area contributed by atoms with E-state index < -0.39 is 5.82 Å². The van der Waals surface area contributed by atoms with E-state index in [0.29, 0.717) is 16.6 Å². The molecule has 0 aliphatic rings. The zero-order valence-electron chi connectivity index (χ0n) is 14.4. The summed E-state index contributed by atoms with van der Waals surface area (Å²) in [5.41, 5.74) is 0.622. The van der Waals surface area contributed by atoms with E-state index in [4.69, 9.17) is 4.42 Å². The Morgan fingerprint density at radius 3 is 2.81 bits per heavy atom. The van der Waals surface area contributed by atoms with Crippen LogP contribution in [0.3, 0.4) is 0 Å². The molecule has 0 aliphatic heterocycles. The van der Waals surface area contributed by atoms with Gasteiger partial charge in [0, 0.05) is 18.4 Å². The lowest BCUT2D eigenvalue weighted by Crippen LogP contribution is -2.23. The van der Waals surface area contributed by atoms with Crippen molar-refractivity contribution < 1.29 is 18.4 Å². The van der Waals surface area contributed by atoms with Crippen molar-refractivity contribution in [3.05, 3.63) is 71.4 Å². The number of carbonyl (C=O) groups is 2. The van der Waals surface area contributed by atoms with Gasteiger partial charge in [-0.05, 0) is 30.3 Å². The summed E-state index contributed by atoms with van der Waals surface area (Å²) in [6.07, 6.45) is 4.39. The van der Waals surface area contributed by atoms with Gasteiger partial charge >= 0.3 is 0 Å². The second kappa shape index (κ2) is 8.41. The molecule has 0 bridgehead atoms. The lowest BCUT2D eigenvalue weighted by molar-refractivity contribution is -0.117. The number of rotatable bonds is 6. The molecule has 8 heteroatoms. The predicted molar refractivity (Wildman–Crippen MR) is 101 cm³/mol. The van der Waals surface area contributed by atoms with Crippen molar-refractivity contribution in [3.63, 3.8) is 0 Å². The van der Waals surface area contributed by atoms with Crippen LogP contribution in [0.15, 0.2) is 58.5 Å². The highest BCUT2D eigenvalue weighted by molar-refractivity contribution is 7.14. The van der Waals surface area contributed by atoms with E-state index >= 15 is 0 Å². The minimum atomic E-state index is -0.516. The maximum Gasteiger partial charge on any atom is 0.244 e. The van der Waals surface area contributed by atoms with Crippen molar-refractivity contribution in [3.8, 4) is 0 Å². The first-order valence-corrected chi connectivity index (χ1v) is 8.91. The number of hydrogen-bond donors (Lipinski definition) is 1. The summed E-state index contributed by atoms with van der Waals surface area (Å²) < 4.78 is 19.2. The van der Waals surface area contributed by atoms with Crippen LogP contribution in [0.1, 0.15) is 18.4 Å². The molecule has 0 saturated carbocycles. The van der Waals surface area contributed by atoms with Crippen LogP contribution < -0.4 is 10.2 Å². The molecule has 6 nitrogen and oxygen atoms in total. The first-order chi connectivity index (χ1) is 13.0. The van der Waals surface area contributed by atoms with Crippen LogP contribution in [0, 0.1) is 5.82 Å². The van der Waals surface area contributed by atoms with Gasteiger partial charge in [-0.1, -0.05) is 12.1 Å². The van der Waals surface area contributed by atoms with Crippen LogP contribution >= 0.6 is 11.3 Å². The first kappa shape index (κ1) is 18.5. The van der Waals surface area contributed by atoms with E-state index in [2.05, 4.69) is 10.3 Å². The van der Waals surface area contributed by atoms with Crippen molar-refractivity contribution in [1.29, 1.82) is 0 Å². The number of nitrogens with zero attached hydrogens (tertiary/aromatic N) is 2. The number of anilines is 2. The average Bonchev–Trinajstić information content (AvgIpc) is 3.32. The fourth-order valence-electron chi connectivity index (χ4n) is 2.30. The Hall–Kier alpha value is -3.26. The van der Waals surface area contributed by atoms with Gasteiger partial charge in [0.2, 0.25) is 11.8 Å². The van der Waals surface area contributed by atoms with Crippen LogP contribution in [-0.4, -0.2) is 16.8 Å². The van der Waals surface area contributed by atoms with Gasteiger partial charge in [0.05, 0.1) is 24.2 Å². The third kappa shape index (κ3) is 4.68. The Morgan fingerprint density at radius 1 is 1.30 bits per heavy atom. The van der Waals surface area contributed by atoms with Crippen molar-refractivity contribution in [1.82, 2.24) is 10.3 Å². The highest BCUT2D eigenvalue weighted by atomic mass is 32.1. The summed E-state index contributed by atoms with van der Waals surface area (Å²) in [5.74, 6) is -0.536. The Kier molecular flexibility index (Phi) is 5.77. The minimum absolute atomic E-state index is 0.131. The summed E-state index contributed by atoms with van der Waals surface area (Å²) in [5, 5.41) is 4.68. The fourth-order valence-corrected chi connectivity index (χ4v) is 3.15. The molecular weight excluding hydrogens is 369 g/mol. The zero-order chi connectivity index (χ0) is 19.2. The number of hydrogen-bond acceptors (Lipinski definition) is 5. The second-order valence-electron chi connectivity index (χ2n) is 5.49. The molecule has 0 unspecified atom stereocenters. The number of benzene rings is 1. The minimum Gasteiger partial charge on any atom is -0.467 e. The summed E-state index contributed by atoms with van der Waals surface area (Å²) in [7, 11) is 0. The smallest absolute Gasteiger partial charge is 0.244 e. The third-order valence-corrected chi connectivity index (χ3v) is 4.38. The third-order valence-electron chi connectivity index (χ3n) is 3.53. The van der Waals surface area contributed by atoms with Gasteiger partial charge in [0.1, 0.15) is 11.6 Å². The summed E-state index contributed by atoms with van der Waals surface area (Å²) in [6.45, 7) is 1.62. The largest absolute Gasteiger partial charge is 0.467 e. The molecule has 27 heavy (non-hydrogen) atoms. The van der Waals surface area contributed by atoms with Crippen LogP contribution in [0.2, 0.25) is 0 Å². The molecule has 2 heterocycles. The van der Waals surface area contributed by atoms with Gasteiger partial charge in [0.15, 0.2) is 5.13 Å². The monoisotopic (exact) mass is 385 g/mol. The zero-order valence-corrected chi connectivity index (χ0v) is 15.2. The van der Waals surface area contributed by atoms with E-state index in [1.807, 2.05) is 0 Å². The Balaban J connectivity index is 1.70. The molecule has 1 N–H and O–H groups in total. The maximum absolute atomic E-state index is 14.1. The first-order valence-electron chi connectivity index (χ1n) is 8.03. The summed E-state index contributed by atoms with van der Waals surface area (Å²) in [4.78, 5) is 29.4. The fraction of sp³-hybridized carbons (Fsp3) is 0.105. The molecule has 3 rings (SSSR count). The number of para-hydroxylation sites is 1. The number of amides is 2. The van der Waals surface area contributed by atoms with Crippen LogP contribution in [-0.2, 0) is 16.1 Å². The number of aromatic nitrogens is 1. The molecule has 138 valence electrons. The van der Waals surface area contributed by atoms with E-state index in [-0.39, 0.29) is 24.0 Å². The highest BCUT2D eigenvalue weighted by Gasteiger charge is 2.20. The van der Waals surface area contributed by atoms with Crippen molar-refractivity contribution in [2.75, 3.05) is 4.90 Å². The molecule has 2 amide bonds. The molecule has 0 saturated heterocycles. The molecule has 3 aromatic rings. The summed E-state index contributed by atoms with van der Waals surface area (Å²) >= 11 is 1.18. The van der Waals surface area contributed by atoms with Crippen LogP contribution in [0.25, 0.3) is 6.08 Å². The second-order valence-corrected chi connectivity index (χ2v) is 6.33. The Morgan fingerprint density at radius 2 is 2.11 bits per heavy atom. The number of thiazole rings is 1. The Bertz CT molecular complexity index is 966. The lowest BCUT2D eigenvalue weighted by Gasteiger charge is -2.18. The molecule has 0 atom stereocenters. The van der Waals surface area contributed by atoms with Crippen LogP contribution in [0.5, 0.6) is 0 Å². The van der Waals surface area contributed by atoms with Gasteiger partial charge in [-0.25, -0.2) is 9.37 Å². The van der Waals surface area contributed by atoms with E-state index in [1.165, 1.54) is 53.7 Å². The topological polar surface area (TPSA) is 75.4 Å². The Labute approximate surface area is 158 Å². The molecule has 2 aromatic heterocycles. The standard InChI is InChI=1S/C19H16FN3O3S/c1-13(24)23(17-7-3-2-6-16(17)20)19-22-14(12-27-19)8-9-18(25)21-11-15-5-4-10-26-15/h2-10,12H,11H2,1H3,(H,21,25)/b9-8+. The molecule has 0 fully saturated rings. The highest BCUT2D eigenvalue weighted by Crippen LogP contribution is 2.30. The quantitative estimate of drug-likeness (QED) is 0.653. The SMILES string of the molecule is CC(=O)N(c1nc(/C=C/C(=O)NCc2ccco2)cs1)c1ccccc1F. The van der Waals surface area contributed by atoms with E-state index in [0.717, 1.165) is 0 Å². The van der Waals surface area contributed by atoms with Gasteiger partial charge in [-0.15, -0.1) is 11.3 Å². The van der Waals surface area contributed by atoms with Gasteiger partial charge in [-0.2, -0.15) is 0 Å². The lowest BCUT2D eigenvalue weighted by atomic mass is 10.3. The average molecular weight is 385 g/mol. The molecule has 0 aliphatic carbocycles.